The average Bonchev–Trinajstić information content (AvgIpc) is 3.36. The number of carbonyl (C=O) groups is 1. The van der Waals surface area contributed by atoms with Crippen LogP contribution in [0, 0.1) is 11.8 Å². The van der Waals surface area contributed by atoms with Crippen molar-refractivity contribution < 1.29 is 17.6 Å². The molecule has 0 radical (unpaired) electrons. The minimum absolute atomic E-state index is 0.0579. The van der Waals surface area contributed by atoms with Gasteiger partial charge in [-0.1, -0.05) is 30.5 Å². The maximum Gasteiger partial charge on any atom is 0.322 e. The van der Waals surface area contributed by atoms with Gasteiger partial charge in [0.05, 0.1) is 14.1 Å². The first-order valence-corrected chi connectivity index (χ1v) is 12.4. The third-order valence-corrected chi connectivity index (χ3v) is 8.08. The smallest absolute Gasteiger partial charge is 0.322 e. The molecule has 2 aromatic heterocycles. The number of rotatable bonds is 5. The van der Waals surface area contributed by atoms with E-state index in [0.717, 1.165) is 6.42 Å². The van der Waals surface area contributed by atoms with Crippen LogP contribution in [0.3, 0.4) is 0 Å². The van der Waals surface area contributed by atoms with Gasteiger partial charge in [-0.05, 0) is 54.7 Å². The van der Waals surface area contributed by atoms with Crippen LogP contribution in [0.4, 0.5) is 6.01 Å². The molecule has 0 aliphatic carbocycles. The lowest BCUT2D eigenvalue weighted by Crippen LogP contribution is -2.42. The molecule has 11 heteroatoms. The van der Waals surface area contributed by atoms with Crippen LogP contribution < -0.4 is 5.32 Å². The number of benzene rings is 1. The van der Waals surface area contributed by atoms with E-state index in [4.69, 9.17) is 16.0 Å². The number of aromatic nitrogens is 2. The van der Waals surface area contributed by atoms with Gasteiger partial charge in [0.15, 0.2) is 0 Å². The summed E-state index contributed by atoms with van der Waals surface area (Å²) in [6, 6.07) is 9.23. The highest BCUT2D eigenvalue weighted by Gasteiger charge is 2.31. The lowest BCUT2D eigenvalue weighted by Gasteiger charge is -2.34. The van der Waals surface area contributed by atoms with Crippen molar-refractivity contribution in [1.82, 2.24) is 14.5 Å². The first-order chi connectivity index (χ1) is 14.7. The molecule has 3 aromatic rings. The van der Waals surface area contributed by atoms with Crippen molar-refractivity contribution in [3.63, 3.8) is 0 Å². The first kappa shape index (κ1) is 21.9. The van der Waals surface area contributed by atoms with E-state index in [0.29, 0.717) is 34.1 Å². The second-order valence-electron chi connectivity index (χ2n) is 7.76. The standard InChI is InChI=1S/C20H21ClN4O4S2/c1-12-9-13(2)11-25(10-12)31(27,28)15-5-3-14(4-6-15)18(26)22-20-24-23-19(29-20)16-7-8-17(21)30-16/h3-8,12-13H,9-11H2,1-2H3,(H,22,24,26)/t12-,13-/m1/s1. The summed E-state index contributed by atoms with van der Waals surface area (Å²) in [5.41, 5.74) is 0.276. The van der Waals surface area contributed by atoms with E-state index >= 15 is 0 Å². The minimum Gasteiger partial charge on any atom is -0.402 e. The van der Waals surface area contributed by atoms with Crippen LogP contribution in [0.5, 0.6) is 0 Å². The maximum atomic E-state index is 13.0. The fraction of sp³-hybridized carbons (Fsp3) is 0.350. The van der Waals surface area contributed by atoms with Crippen LogP contribution in [0.25, 0.3) is 10.8 Å². The van der Waals surface area contributed by atoms with E-state index in [1.54, 1.807) is 12.1 Å². The molecule has 8 nitrogen and oxygen atoms in total. The van der Waals surface area contributed by atoms with Crippen LogP contribution in [-0.2, 0) is 10.0 Å². The number of hydrogen-bond donors (Lipinski definition) is 1. The van der Waals surface area contributed by atoms with Gasteiger partial charge in [0.25, 0.3) is 11.8 Å². The topological polar surface area (TPSA) is 105 Å². The molecule has 0 unspecified atom stereocenters. The Morgan fingerprint density at radius 1 is 1.13 bits per heavy atom. The predicted molar refractivity (Wildman–Crippen MR) is 119 cm³/mol. The van der Waals surface area contributed by atoms with Gasteiger partial charge in [0.2, 0.25) is 10.0 Å². The molecule has 1 amide bonds. The zero-order valence-corrected chi connectivity index (χ0v) is 19.3. The molecule has 1 N–H and O–H groups in total. The number of halogens is 1. The molecule has 3 heterocycles. The van der Waals surface area contributed by atoms with E-state index < -0.39 is 15.9 Å². The number of nitrogens with one attached hydrogen (secondary N) is 1. The monoisotopic (exact) mass is 480 g/mol. The van der Waals surface area contributed by atoms with Gasteiger partial charge < -0.3 is 4.42 Å². The van der Waals surface area contributed by atoms with Crippen molar-refractivity contribution in [2.75, 3.05) is 18.4 Å². The van der Waals surface area contributed by atoms with Crippen molar-refractivity contribution in [3.05, 3.63) is 46.3 Å². The summed E-state index contributed by atoms with van der Waals surface area (Å²) in [7, 11) is -3.60. The summed E-state index contributed by atoms with van der Waals surface area (Å²) in [4.78, 5) is 13.4. The summed E-state index contributed by atoms with van der Waals surface area (Å²) >= 11 is 7.18. The average molecular weight is 481 g/mol. The first-order valence-electron chi connectivity index (χ1n) is 9.73. The molecule has 1 fully saturated rings. The highest BCUT2D eigenvalue weighted by Crippen LogP contribution is 2.31. The van der Waals surface area contributed by atoms with E-state index in [1.807, 2.05) is 0 Å². The quantitative estimate of drug-likeness (QED) is 0.581. The van der Waals surface area contributed by atoms with Gasteiger partial charge in [-0.15, -0.1) is 16.4 Å². The molecule has 31 heavy (non-hydrogen) atoms. The molecule has 0 spiro atoms. The molecule has 4 rings (SSSR count). The zero-order valence-electron chi connectivity index (χ0n) is 16.9. The largest absolute Gasteiger partial charge is 0.402 e. The Morgan fingerprint density at radius 2 is 1.81 bits per heavy atom. The second kappa shape index (κ2) is 8.70. The van der Waals surface area contributed by atoms with Gasteiger partial charge in [-0.2, -0.15) is 4.31 Å². The van der Waals surface area contributed by atoms with Crippen LogP contribution in [0.1, 0.15) is 30.6 Å². The summed E-state index contributed by atoms with van der Waals surface area (Å²) in [6.07, 6.45) is 1.02. The van der Waals surface area contributed by atoms with E-state index in [-0.39, 0.29) is 22.4 Å². The third-order valence-electron chi connectivity index (χ3n) is 5.02. The number of sulfonamides is 1. The number of piperidine rings is 1. The molecule has 1 aromatic carbocycles. The van der Waals surface area contributed by atoms with E-state index in [9.17, 15) is 13.2 Å². The summed E-state index contributed by atoms with van der Waals surface area (Å²) < 4.78 is 33.5. The number of hydrogen-bond acceptors (Lipinski definition) is 7. The Labute approximate surface area is 189 Å². The Hall–Kier alpha value is -2.27. The summed E-state index contributed by atoms with van der Waals surface area (Å²) in [5.74, 6) is 0.392. The molecule has 2 atom stereocenters. The zero-order chi connectivity index (χ0) is 22.2. The highest BCUT2D eigenvalue weighted by molar-refractivity contribution is 7.89. The lowest BCUT2D eigenvalue weighted by atomic mass is 9.94. The van der Waals surface area contributed by atoms with E-state index in [2.05, 4.69) is 29.4 Å². The number of nitrogens with zero attached hydrogens (tertiary/aromatic N) is 3. The third kappa shape index (κ3) is 4.82. The van der Waals surface area contributed by atoms with Crippen LogP contribution in [0.15, 0.2) is 45.7 Å². The molecule has 1 saturated heterocycles. The molecular weight excluding hydrogens is 460 g/mol. The van der Waals surface area contributed by atoms with Crippen LogP contribution >= 0.6 is 22.9 Å². The minimum atomic E-state index is -3.60. The van der Waals surface area contributed by atoms with Crippen molar-refractivity contribution in [1.29, 1.82) is 0 Å². The predicted octanol–water partition coefficient (Wildman–Crippen LogP) is 4.37. The lowest BCUT2D eigenvalue weighted by molar-refractivity contribution is 0.102. The molecular formula is C20H21ClN4O4S2. The fourth-order valence-electron chi connectivity index (χ4n) is 3.70. The van der Waals surface area contributed by atoms with Gasteiger partial charge in [0.1, 0.15) is 0 Å². The van der Waals surface area contributed by atoms with Crippen LogP contribution in [0.2, 0.25) is 4.34 Å². The van der Waals surface area contributed by atoms with Gasteiger partial charge in [-0.3, -0.25) is 10.1 Å². The Bertz CT molecular complexity index is 1180. The van der Waals surface area contributed by atoms with Crippen molar-refractivity contribution in [2.45, 2.75) is 25.2 Å². The molecule has 1 aliphatic heterocycles. The Morgan fingerprint density at radius 3 is 2.42 bits per heavy atom. The van der Waals surface area contributed by atoms with E-state index in [1.165, 1.54) is 39.9 Å². The maximum absolute atomic E-state index is 13.0. The van der Waals surface area contributed by atoms with Gasteiger partial charge >= 0.3 is 6.01 Å². The molecule has 0 bridgehead atoms. The van der Waals surface area contributed by atoms with Crippen molar-refractivity contribution in [3.8, 4) is 10.8 Å². The number of amides is 1. The molecule has 164 valence electrons. The molecule has 1 aliphatic rings. The fourth-order valence-corrected chi connectivity index (χ4v) is 6.35. The molecule has 0 saturated carbocycles. The van der Waals surface area contributed by atoms with Crippen molar-refractivity contribution in [2.24, 2.45) is 11.8 Å². The number of anilines is 1. The number of carbonyl (C=O) groups excluding carboxylic acids is 1. The SMILES string of the molecule is C[C@@H]1C[C@@H](C)CN(S(=O)(=O)c2ccc(C(=O)Nc3nnc(-c4ccc(Cl)s4)o3)cc2)C1. The summed E-state index contributed by atoms with van der Waals surface area (Å²) in [5, 5.41) is 10.2. The normalized spacial score (nSPS) is 20.0. The number of thiophene rings is 1. The van der Waals surface area contributed by atoms with Crippen LogP contribution in [-0.4, -0.2) is 41.9 Å². The summed E-state index contributed by atoms with van der Waals surface area (Å²) in [6.45, 7) is 5.12. The Kier molecular flexibility index (Phi) is 6.16. The Balaban J connectivity index is 1.45. The highest BCUT2D eigenvalue weighted by atomic mass is 35.5. The van der Waals surface area contributed by atoms with Gasteiger partial charge in [-0.25, -0.2) is 8.42 Å². The van der Waals surface area contributed by atoms with Crippen molar-refractivity contribution >= 4 is 44.9 Å². The van der Waals surface area contributed by atoms with Gasteiger partial charge in [0, 0.05) is 18.7 Å². The second-order valence-corrected chi connectivity index (χ2v) is 11.4.